The summed E-state index contributed by atoms with van der Waals surface area (Å²) in [5.74, 6) is 0. The Labute approximate surface area is 154 Å². The lowest BCUT2D eigenvalue weighted by molar-refractivity contribution is -0.0377. The maximum atomic E-state index is 5.59. The summed E-state index contributed by atoms with van der Waals surface area (Å²) in [6, 6.07) is 12.2. The van der Waals surface area contributed by atoms with Gasteiger partial charge in [0.15, 0.2) is 0 Å². The monoisotopic (exact) mass is 357 g/mol. The summed E-state index contributed by atoms with van der Waals surface area (Å²) in [5, 5.41) is 0. The van der Waals surface area contributed by atoms with Gasteiger partial charge in [0, 0.05) is 56.4 Å². The van der Waals surface area contributed by atoms with E-state index in [4.69, 9.17) is 4.74 Å². The van der Waals surface area contributed by atoms with Gasteiger partial charge in [0.1, 0.15) is 0 Å². The number of thiazole rings is 1. The van der Waals surface area contributed by atoms with E-state index < -0.39 is 0 Å². The highest BCUT2D eigenvalue weighted by molar-refractivity contribution is 7.09. The summed E-state index contributed by atoms with van der Waals surface area (Å²) in [7, 11) is 0. The third kappa shape index (κ3) is 4.11. The lowest BCUT2D eigenvalue weighted by Gasteiger charge is -2.49. The van der Waals surface area contributed by atoms with Gasteiger partial charge in [0.05, 0.1) is 11.2 Å². The van der Waals surface area contributed by atoms with Crippen LogP contribution in [-0.4, -0.2) is 53.2 Å². The number of benzene rings is 1. The molecule has 0 aliphatic carbocycles. The molecule has 2 fully saturated rings. The third-order valence-corrected chi connectivity index (χ3v) is 6.41. The third-order valence-electron chi connectivity index (χ3n) is 5.49. The van der Waals surface area contributed by atoms with E-state index in [9.17, 15) is 0 Å². The summed E-state index contributed by atoms with van der Waals surface area (Å²) in [4.78, 5) is 11.1. The zero-order valence-electron chi connectivity index (χ0n) is 14.9. The van der Waals surface area contributed by atoms with Crippen LogP contribution in [0.15, 0.2) is 35.8 Å². The fourth-order valence-corrected chi connectivity index (χ4v) is 4.75. The first-order chi connectivity index (χ1) is 12.3. The maximum absolute atomic E-state index is 5.59. The molecule has 3 heterocycles. The maximum Gasteiger partial charge on any atom is 0.0798 e. The Morgan fingerprint density at radius 3 is 2.60 bits per heavy atom. The first kappa shape index (κ1) is 17.2. The van der Waals surface area contributed by atoms with Crippen molar-refractivity contribution in [3.8, 4) is 0 Å². The van der Waals surface area contributed by atoms with Crippen molar-refractivity contribution < 1.29 is 4.74 Å². The van der Waals surface area contributed by atoms with E-state index in [0.29, 0.717) is 12.1 Å². The van der Waals surface area contributed by atoms with Crippen LogP contribution < -0.4 is 0 Å². The normalized spacial score (nSPS) is 20.1. The average Bonchev–Trinajstić information content (AvgIpc) is 3.03. The number of likely N-dealkylation sites (tertiary alicyclic amines) is 1. The van der Waals surface area contributed by atoms with Crippen molar-refractivity contribution in [2.75, 3.05) is 26.3 Å². The van der Waals surface area contributed by atoms with Crippen molar-refractivity contribution in [3.63, 3.8) is 0 Å². The van der Waals surface area contributed by atoms with Crippen molar-refractivity contribution in [3.05, 3.63) is 52.0 Å². The van der Waals surface area contributed by atoms with Gasteiger partial charge in [-0.2, -0.15) is 0 Å². The van der Waals surface area contributed by atoms with E-state index in [1.807, 2.05) is 5.51 Å². The van der Waals surface area contributed by atoms with Gasteiger partial charge in [-0.05, 0) is 25.3 Å². The number of nitrogens with zero attached hydrogens (tertiary/aromatic N) is 3. The molecule has 0 unspecified atom stereocenters. The SMILES string of the molecule is Cc1ncsc1CN1CC(N(Cc2ccccc2)C2CCOCC2)C1. The van der Waals surface area contributed by atoms with E-state index in [0.717, 1.165) is 39.1 Å². The average molecular weight is 358 g/mol. The van der Waals surface area contributed by atoms with Crippen LogP contribution in [0.2, 0.25) is 0 Å². The van der Waals surface area contributed by atoms with Crippen LogP contribution in [0, 0.1) is 6.92 Å². The molecule has 2 aliphatic rings. The summed E-state index contributed by atoms with van der Waals surface area (Å²) < 4.78 is 5.59. The van der Waals surface area contributed by atoms with E-state index >= 15 is 0 Å². The van der Waals surface area contributed by atoms with Crippen LogP contribution in [0.3, 0.4) is 0 Å². The predicted molar refractivity (Wildman–Crippen MR) is 102 cm³/mol. The summed E-state index contributed by atoms with van der Waals surface area (Å²) in [5.41, 5.74) is 4.58. The topological polar surface area (TPSA) is 28.6 Å². The van der Waals surface area contributed by atoms with Crippen molar-refractivity contribution in [1.29, 1.82) is 0 Å². The van der Waals surface area contributed by atoms with E-state index in [2.05, 4.69) is 52.0 Å². The Morgan fingerprint density at radius 2 is 1.92 bits per heavy atom. The molecular formula is C20H27N3OS. The fraction of sp³-hybridized carbons (Fsp3) is 0.550. The largest absolute Gasteiger partial charge is 0.381 e. The second-order valence-electron chi connectivity index (χ2n) is 7.21. The van der Waals surface area contributed by atoms with Gasteiger partial charge in [-0.3, -0.25) is 9.80 Å². The number of rotatable bonds is 6. The minimum absolute atomic E-state index is 0.659. The Bertz CT molecular complexity index is 663. The number of hydrogen-bond acceptors (Lipinski definition) is 5. The quantitative estimate of drug-likeness (QED) is 0.793. The molecule has 1 aromatic carbocycles. The number of hydrogen-bond donors (Lipinski definition) is 0. The van der Waals surface area contributed by atoms with Crippen molar-refractivity contribution >= 4 is 11.3 Å². The lowest BCUT2D eigenvalue weighted by Crippen LogP contribution is -2.61. The van der Waals surface area contributed by atoms with Crippen LogP contribution in [0.25, 0.3) is 0 Å². The number of ether oxygens (including phenoxy) is 1. The van der Waals surface area contributed by atoms with Gasteiger partial charge in [-0.25, -0.2) is 4.98 Å². The molecule has 0 bridgehead atoms. The van der Waals surface area contributed by atoms with Gasteiger partial charge >= 0.3 is 0 Å². The Morgan fingerprint density at radius 1 is 1.16 bits per heavy atom. The molecule has 2 saturated heterocycles. The first-order valence-electron chi connectivity index (χ1n) is 9.28. The molecule has 0 N–H and O–H groups in total. The van der Waals surface area contributed by atoms with Gasteiger partial charge in [-0.15, -0.1) is 11.3 Å². The molecule has 2 aromatic rings. The second-order valence-corrected chi connectivity index (χ2v) is 8.15. The van der Waals surface area contributed by atoms with Crippen LogP contribution in [-0.2, 0) is 17.8 Å². The number of aryl methyl sites for hydroxylation is 1. The van der Waals surface area contributed by atoms with E-state index in [1.165, 1.54) is 29.2 Å². The summed E-state index contributed by atoms with van der Waals surface area (Å²) in [6.45, 7) is 8.39. The smallest absolute Gasteiger partial charge is 0.0798 e. The summed E-state index contributed by atoms with van der Waals surface area (Å²) in [6.07, 6.45) is 2.33. The molecule has 0 radical (unpaired) electrons. The van der Waals surface area contributed by atoms with Crippen molar-refractivity contribution in [2.24, 2.45) is 0 Å². The van der Waals surface area contributed by atoms with E-state index in [1.54, 1.807) is 11.3 Å². The molecule has 134 valence electrons. The van der Waals surface area contributed by atoms with Gasteiger partial charge in [0.2, 0.25) is 0 Å². The molecule has 1 aromatic heterocycles. The van der Waals surface area contributed by atoms with Crippen LogP contribution in [0.5, 0.6) is 0 Å². The Kier molecular flexibility index (Phi) is 5.46. The minimum Gasteiger partial charge on any atom is -0.381 e. The van der Waals surface area contributed by atoms with Crippen molar-refractivity contribution in [2.45, 2.75) is 44.9 Å². The molecule has 0 atom stereocenters. The molecule has 5 heteroatoms. The van der Waals surface area contributed by atoms with Crippen molar-refractivity contribution in [1.82, 2.24) is 14.8 Å². The predicted octanol–water partition coefficient (Wildman–Crippen LogP) is 3.32. The molecule has 4 nitrogen and oxygen atoms in total. The van der Waals surface area contributed by atoms with Gasteiger partial charge < -0.3 is 4.74 Å². The standard InChI is InChI=1S/C20H27N3OS/c1-16-20(25-15-21-16)14-22-12-19(13-22)23(18-7-9-24-10-8-18)11-17-5-3-2-4-6-17/h2-6,15,18-19H,7-14H2,1H3. The zero-order chi connectivity index (χ0) is 17.1. The molecule has 0 amide bonds. The van der Waals surface area contributed by atoms with Crippen LogP contribution >= 0.6 is 11.3 Å². The van der Waals surface area contributed by atoms with Gasteiger partial charge in [-0.1, -0.05) is 30.3 Å². The first-order valence-corrected chi connectivity index (χ1v) is 10.2. The van der Waals surface area contributed by atoms with Crippen LogP contribution in [0.1, 0.15) is 29.0 Å². The lowest BCUT2D eigenvalue weighted by atomic mass is 9.98. The highest BCUT2D eigenvalue weighted by atomic mass is 32.1. The molecule has 2 aliphatic heterocycles. The zero-order valence-corrected chi connectivity index (χ0v) is 15.8. The molecule has 4 rings (SSSR count). The Hall–Kier alpha value is -1.27. The molecular weight excluding hydrogens is 330 g/mol. The van der Waals surface area contributed by atoms with Crippen LogP contribution in [0.4, 0.5) is 0 Å². The number of aromatic nitrogens is 1. The molecule has 25 heavy (non-hydrogen) atoms. The second kappa shape index (κ2) is 7.96. The van der Waals surface area contributed by atoms with E-state index in [-0.39, 0.29) is 0 Å². The highest BCUT2D eigenvalue weighted by Gasteiger charge is 2.36. The summed E-state index contributed by atoms with van der Waals surface area (Å²) >= 11 is 1.78. The fourth-order valence-electron chi connectivity index (χ4n) is 3.93. The minimum atomic E-state index is 0.659. The van der Waals surface area contributed by atoms with Gasteiger partial charge in [0.25, 0.3) is 0 Å². The molecule has 0 saturated carbocycles. The Balaban J connectivity index is 1.39. The molecule has 0 spiro atoms. The highest BCUT2D eigenvalue weighted by Crippen LogP contribution is 2.27.